The van der Waals surface area contributed by atoms with Crippen molar-refractivity contribution in [3.8, 4) is 17.1 Å². The fourth-order valence-electron chi connectivity index (χ4n) is 3.56. The highest BCUT2D eigenvalue weighted by Crippen LogP contribution is 2.30. The summed E-state index contributed by atoms with van der Waals surface area (Å²) in [6.45, 7) is 6.12. The molecule has 3 N–H and O–H groups in total. The quantitative estimate of drug-likeness (QED) is 0.589. The first-order valence-electron chi connectivity index (χ1n) is 9.91. The molecule has 1 aliphatic heterocycles. The average molecular weight is 444 g/mol. The van der Waals surface area contributed by atoms with Crippen molar-refractivity contribution in [2.24, 2.45) is 0 Å². The molecule has 4 rings (SSSR count). The SMILES string of the molecule is Cc1ccc(S(=O)(=O)NCC2CCC(C)(C)O2)cc1-c1cnc(N)c(-n2cncn2)n1. The molecule has 2 aromatic heterocycles. The molecule has 1 fully saturated rings. The molecular weight excluding hydrogens is 418 g/mol. The van der Waals surface area contributed by atoms with Gasteiger partial charge in [-0.25, -0.2) is 28.1 Å². The zero-order valence-electron chi connectivity index (χ0n) is 17.6. The van der Waals surface area contributed by atoms with Crippen LogP contribution in [0.1, 0.15) is 32.3 Å². The summed E-state index contributed by atoms with van der Waals surface area (Å²) in [4.78, 5) is 12.8. The van der Waals surface area contributed by atoms with E-state index in [4.69, 9.17) is 10.5 Å². The van der Waals surface area contributed by atoms with Gasteiger partial charge in [0, 0.05) is 12.1 Å². The van der Waals surface area contributed by atoms with Crippen LogP contribution in [0.2, 0.25) is 0 Å². The molecule has 164 valence electrons. The Bertz CT molecular complexity index is 1190. The molecule has 1 aliphatic rings. The van der Waals surface area contributed by atoms with Crippen LogP contribution in [0.15, 0.2) is 41.9 Å². The Balaban J connectivity index is 1.61. The molecule has 0 spiro atoms. The Labute approximate surface area is 180 Å². The van der Waals surface area contributed by atoms with Crippen molar-refractivity contribution in [3.05, 3.63) is 42.6 Å². The Morgan fingerprint density at radius 3 is 2.84 bits per heavy atom. The molecule has 0 aliphatic carbocycles. The van der Waals surface area contributed by atoms with Crippen LogP contribution >= 0.6 is 0 Å². The van der Waals surface area contributed by atoms with E-state index < -0.39 is 10.0 Å². The number of aryl methyl sites for hydroxylation is 1. The molecule has 10 nitrogen and oxygen atoms in total. The Kier molecular flexibility index (Phi) is 5.50. The summed E-state index contributed by atoms with van der Waals surface area (Å²) >= 11 is 0. The summed E-state index contributed by atoms with van der Waals surface area (Å²) in [5.74, 6) is 0.513. The van der Waals surface area contributed by atoms with Gasteiger partial charge in [0.15, 0.2) is 11.6 Å². The van der Waals surface area contributed by atoms with Gasteiger partial charge in [-0.05, 0) is 51.3 Å². The van der Waals surface area contributed by atoms with Gasteiger partial charge in [0.1, 0.15) is 12.7 Å². The van der Waals surface area contributed by atoms with Gasteiger partial charge in [0.25, 0.3) is 0 Å². The molecule has 0 radical (unpaired) electrons. The number of nitrogens with zero attached hydrogens (tertiary/aromatic N) is 5. The van der Waals surface area contributed by atoms with E-state index in [9.17, 15) is 8.42 Å². The van der Waals surface area contributed by atoms with Gasteiger partial charge in [-0.1, -0.05) is 6.07 Å². The van der Waals surface area contributed by atoms with Crippen LogP contribution < -0.4 is 10.5 Å². The summed E-state index contributed by atoms with van der Waals surface area (Å²) in [5, 5.41) is 4.04. The van der Waals surface area contributed by atoms with Gasteiger partial charge in [0.2, 0.25) is 10.0 Å². The van der Waals surface area contributed by atoms with Crippen LogP contribution in [-0.2, 0) is 14.8 Å². The molecule has 31 heavy (non-hydrogen) atoms. The van der Waals surface area contributed by atoms with E-state index in [1.807, 2.05) is 20.8 Å². The normalized spacial score (nSPS) is 18.4. The highest BCUT2D eigenvalue weighted by Gasteiger charge is 2.32. The molecule has 1 atom stereocenters. The van der Waals surface area contributed by atoms with Gasteiger partial charge < -0.3 is 10.5 Å². The molecule has 0 amide bonds. The number of hydrogen-bond donors (Lipinski definition) is 2. The van der Waals surface area contributed by atoms with Crippen LogP contribution in [0.5, 0.6) is 0 Å². The number of hydrogen-bond acceptors (Lipinski definition) is 8. The Morgan fingerprint density at radius 1 is 1.35 bits per heavy atom. The minimum atomic E-state index is -3.72. The van der Waals surface area contributed by atoms with Crippen LogP contribution in [0.3, 0.4) is 0 Å². The van der Waals surface area contributed by atoms with E-state index in [2.05, 4.69) is 24.8 Å². The first kappa shape index (κ1) is 21.3. The number of sulfonamides is 1. The third-order valence-electron chi connectivity index (χ3n) is 5.27. The molecular formula is C20H25N7O3S. The zero-order chi connectivity index (χ0) is 22.2. The fourth-order valence-corrected chi connectivity index (χ4v) is 4.65. The van der Waals surface area contributed by atoms with Crippen LogP contribution in [0, 0.1) is 6.92 Å². The molecule has 0 saturated carbocycles. The number of anilines is 1. The zero-order valence-corrected chi connectivity index (χ0v) is 18.4. The van der Waals surface area contributed by atoms with Gasteiger partial charge in [0.05, 0.1) is 28.5 Å². The van der Waals surface area contributed by atoms with Crippen molar-refractivity contribution < 1.29 is 13.2 Å². The highest BCUT2D eigenvalue weighted by atomic mass is 32.2. The van der Waals surface area contributed by atoms with Gasteiger partial charge in [-0.2, -0.15) is 9.78 Å². The number of nitrogen functional groups attached to an aromatic ring is 1. The summed E-state index contributed by atoms with van der Waals surface area (Å²) in [5.41, 5.74) is 7.68. The van der Waals surface area contributed by atoms with Crippen molar-refractivity contribution in [3.63, 3.8) is 0 Å². The second-order valence-corrected chi connectivity index (χ2v) is 9.94. The number of nitrogens with one attached hydrogen (secondary N) is 1. The first-order chi connectivity index (χ1) is 14.6. The fraction of sp³-hybridized carbons (Fsp3) is 0.400. The van der Waals surface area contributed by atoms with Crippen LogP contribution in [-0.4, -0.2) is 51.4 Å². The van der Waals surface area contributed by atoms with Crippen molar-refractivity contribution in [2.75, 3.05) is 12.3 Å². The van der Waals surface area contributed by atoms with E-state index >= 15 is 0 Å². The monoisotopic (exact) mass is 443 g/mol. The van der Waals surface area contributed by atoms with E-state index in [-0.39, 0.29) is 29.0 Å². The van der Waals surface area contributed by atoms with Gasteiger partial charge in [-0.3, -0.25) is 0 Å². The summed E-state index contributed by atoms with van der Waals surface area (Å²) in [6, 6.07) is 4.90. The average Bonchev–Trinajstić information content (AvgIpc) is 3.37. The molecule has 0 bridgehead atoms. The van der Waals surface area contributed by atoms with Crippen LogP contribution in [0.25, 0.3) is 17.1 Å². The number of benzene rings is 1. The lowest BCUT2D eigenvalue weighted by atomic mass is 10.1. The lowest BCUT2D eigenvalue weighted by Gasteiger charge is -2.19. The Hall–Kier alpha value is -2.89. The molecule has 3 aromatic rings. The van der Waals surface area contributed by atoms with Gasteiger partial charge in [-0.15, -0.1) is 0 Å². The van der Waals surface area contributed by atoms with Crippen molar-refractivity contribution in [1.29, 1.82) is 0 Å². The lowest BCUT2D eigenvalue weighted by Crippen LogP contribution is -2.33. The second kappa shape index (κ2) is 7.98. The summed E-state index contributed by atoms with van der Waals surface area (Å²) in [7, 11) is -3.72. The third kappa shape index (κ3) is 4.58. The van der Waals surface area contributed by atoms with E-state index in [1.54, 1.807) is 18.2 Å². The third-order valence-corrected chi connectivity index (χ3v) is 6.69. The maximum atomic E-state index is 12.9. The minimum absolute atomic E-state index is 0.136. The van der Waals surface area contributed by atoms with E-state index in [0.717, 1.165) is 18.4 Å². The maximum absolute atomic E-state index is 12.9. The summed E-state index contributed by atoms with van der Waals surface area (Å²) in [6.07, 6.45) is 5.93. The predicted octanol–water partition coefficient (Wildman–Crippen LogP) is 1.85. The number of nitrogens with two attached hydrogens (primary N) is 1. The smallest absolute Gasteiger partial charge is 0.240 e. The first-order valence-corrected chi connectivity index (χ1v) is 11.4. The molecule has 1 unspecified atom stereocenters. The molecule has 11 heteroatoms. The molecule has 1 aromatic carbocycles. The topological polar surface area (TPSA) is 138 Å². The maximum Gasteiger partial charge on any atom is 0.240 e. The van der Waals surface area contributed by atoms with E-state index in [0.29, 0.717) is 17.1 Å². The summed E-state index contributed by atoms with van der Waals surface area (Å²) < 4.78 is 35.8. The predicted molar refractivity (Wildman–Crippen MR) is 115 cm³/mol. The number of rotatable bonds is 6. The number of aromatic nitrogens is 5. The van der Waals surface area contributed by atoms with E-state index in [1.165, 1.54) is 23.5 Å². The highest BCUT2D eigenvalue weighted by molar-refractivity contribution is 7.89. The lowest BCUT2D eigenvalue weighted by molar-refractivity contribution is -0.0122. The molecule has 1 saturated heterocycles. The Morgan fingerprint density at radius 2 is 2.16 bits per heavy atom. The molecule has 3 heterocycles. The van der Waals surface area contributed by atoms with Crippen molar-refractivity contribution >= 4 is 15.8 Å². The van der Waals surface area contributed by atoms with Crippen molar-refractivity contribution in [1.82, 2.24) is 29.5 Å². The van der Waals surface area contributed by atoms with Gasteiger partial charge >= 0.3 is 0 Å². The minimum Gasteiger partial charge on any atom is -0.381 e. The van der Waals surface area contributed by atoms with Crippen molar-refractivity contribution in [2.45, 2.75) is 50.2 Å². The second-order valence-electron chi connectivity index (χ2n) is 8.17. The largest absolute Gasteiger partial charge is 0.381 e. The van der Waals surface area contributed by atoms with Crippen LogP contribution in [0.4, 0.5) is 5.82 Å². The number of ether oxygens (including phenoxy) is 1. The standard InChI is InChI=1S/C20H25N7O3S/c1-13-4-5-15(31(28,29)25-9-14-6-7-20(2,3)30-14)8-16(13)17-10-23-18(21)19(26-17)27-12-22-11-24-27/h4-5,8,10-12,14,25H,6-7,9H2,1-3H3,(H2,21,23).